The first kappa shape index (κ1) is 14.5. The third-order valence-electron chi connectivity index (χ3n) is 4.10. The summed E-state index contributed by atoms with van der Waals surface area (Å²) < 4.78 is 5.95. The number of pyridine rings is 1. The van der Waals surface area contributed by atoms with Gasteiger partial charge in [0.1, 0.15) is 12.4 Å². The van der Waals surface area contributed by atoms with E-state index in [1.165, 1.54) is 22.1 Å². The minimum atomic E-state index is 0.578. The van der Waals surface area contributed by atoms with Gasteiger partial charge in [-0.3, -0.25) is 4.98 Å². The van der Waals surface area contributed by atoms with Gasteiger partial charge in [-0.05, 0) is 41.0 Å². The van der Waals surface area contributed by atoms with E-state index in [2.05, 4.69) is 46.5 Å². The first-order chi connectivity index (χ1) is 11.9. The van der Waals surface area contributed by atoms with Gasteiger partial charge in [0.25, 0.3) is 0 Å². The predicted molar refractivity (Wildman–Crippen MR) is 96.1 cm³/mol. The van der Waals surface area contributed by atoms with Gasteiger partial charge in [0, 0.05) is 35.9 Å². The van der Waals surface area contributed by atoms with Crippen molar-refractivity contribution in [2.24, 2.45) is 0 Å². The number of hydrogen-bond donors (Lipinski definition) is 1. The highest BCUT2D eigenvalue weighted by Crippen LogP contribution is 2.26. The van der Waals surface area contributed by atoms with Gasteiger partial charge in [-0.1, -0.05) is 36.4 Å². The molecule has 0 saturated heterocycles. The summed E-state index contributed by atoms with van der Waals surface area (Å²) in [5.74, 6) is 0.887. The SMILES string of the molecule is c1ccc(COc2ccc3[nH]cc(Cc4cccnc4)c3c2)cc1. The number of nitrogens with zero attached hydrogens (tertiary/aromatic N) is 1. The van der Waals surface area contributed by atoms with Crippen LogP contribution in [0, 0.1) is 0 Å². The van der Waals surface area contributed by atoms with Crippen LogP contribution in [0.2, 0.25) is 0 Å². The molecule has 24 heavy (non-hydrogen) atoms. The fourth-order valence-corrected chi connectivity index (χ4v) is 2.86. The van der Waals surface area contributed by atoms with E-state index in [4.69, 9.17) is 4.74 Å². The molecule has 2 aromatic heterocycles. The quantitative estimate of drug-likeness (QED) is 0.578. The van der Waals surface area contributed by atoms with Gasteiger partial charge in [0.15, 0.2) is 0 Å². The van der Waals surface area contributed by atoms with Gasteiger partial charge in [-0.25, -0.2) is 0 Å². The average molecular weight is 314 g/mol. The van der Waals surface area contributed by atoms with Crippen LogP contribution in [0.25, 0.3) is 10.9 Å². The molecule has 4 rings (SSSR count). The highest BCUT2D eigenvalue weighted by molar-refractivity contribution is 5.84. The molecule has 0 atom stereocenters. The standard InChI is InChI=1S/C21H18N2O/c1-2-5-16(6-3-1)15-24-19-8-9-21-20(12-19)18(14-23-21)11-17-7-4-10-22-13-17/h1-10,12-14,23H,11,15H2. The molecule has 0 amide bonds. The molecular formula is C21H18N2O. The molecule has 0 aliphatic heterocycles. The van der Waals surface area contributed by atoms with Crippen LogP contribution in [-0.2, 0) is 13.0 Å². The lowest BCUT2D eigenvalue weighted by molar-refractivity contribution is 0.306. The van der Waals surface area contributed by atoms with Crippen LogP contribution in [-0.4, -0.2) is 9.97 Å². The van der Waals surface area contributed by atoms with Crippen molar-refractivity contribution in [2.75, 3.05) is 0 Å². The van der Waals surface area contributed by atoms with E-state index in [-0.39, 0.29) is 0 Å². The molecule has 4 aromatic rings. The summed E-state index contributed by atoms with van der Waals surface area (Å²) in [6, 6.07) is 20.5. The molecule has 3 nitrogen and oxygen atoms in total. The second-order valence-electron chi connectivity index (χ2n) is 5.83. The maximum atomic E-state index is 5.95. The molecule has 0 spiro atoms. The van der Waals surface area contributed by atoms with Gasteiger partial charge >= 0.3 is 0 Å². The summed E-state index contributed by atoms with van der Waals surface area (Å²) in [7, 11) is 0. The highest BCUT2D eigenvalue weighted by Gasteiger charge is 2.07. The lowest BCUT2D eigenvalue weighted by Crippen LogP contribution is -1.95. The minimum absolute atomic E-state index is 0.578. The number of benzene rings is 2. The van der Waals surface area contributed by atoms with Crippen molar-refractivity contribution in [2.45, 2.75) is 13.0 Å². The second-order valence-corrected chi connectivity index (χ2v) is 5.83. The van der Waals surface area contributed by atoms with Crippen LogP contribution in [0.5, 0.6) is 5.75 Å². The van der Waals surface area contributed by atoms with Crippen LogP contribution in [0.15, 0.2) is 79.3 Å². The Kier molecular flexibility index (Phi) is 3.98. The molecule has 0 aliphatic carbocycles. The number of aromatic amines is 1. The fourth-order valence-electron chi connectivity index (χ4n) is 2.86. The molecule has 0 fully saturated rings. The van der Waals surface area contributed by atoms with Crippen molar-refractivity contribution in [1.29, 1.82) is 0 Å². The van der Waals surface area contributed by atoms with Crippen LogP contribution < -0.4 is 4.74 Å². The Bertz CT molecular complexity index is 930. The first-order valence-corrected chi connectivity index (χ1v) is 8.04. The van der Waals surface area contributed by atoms with Gasteiger partial charge in [-0.2, -0.15) is 0 Å². The molecule has 0 unspecified atom stereocenters. The highest BCUT2D eigenvalue weighted by atomic mass is 16.5. The Labute approximate surface area is 140 Å². The second kappa shape index (κ2) is 6.59. The summed E-state index contributed by atoms with van der Waals surface area (Å²) in [6.07, 6.45) is 6.64. The number of aromatic nitrogens is 2. The Morgan fingerprint density at radius 3 is 2.62 bits per heavy atom. The molecule has 0 aliphatic rings. The fraction of sp³-hybridized carbons (Fsp3) is 0.0952. The van der Waals surface area contributed by atoms with E-state index < -0.39 is 0 Å². The topological polar surface area (TPSA) is 37.9 Å². The summed E-state index contributed by atoms with van der Waals surface area (Å²) in [5.41, 5.74) is 4.75. The van der Waals surface area contributed by atoms with Crippen molar-refractivity contribution < 1.29 is 4.74 Å². The Hall–Kier alpha value is -3.07. The van der Waals surface area contributed by atoms with Crippen molar-refractivity contribution in [3.8, 4) is 5.75 Å². The van der Waals surface area contributed by atoms with Crippen LogP contribution in [0.4, 0.5) is 0 Å². The molecule has 0 bridgehead atoms. The molecule has 118 valence electrons. The molecular weight excluding hydrogens is 296 g/mol. The Morgan fingerprint density at radius 1 is 0.917 bits per heavy atom. The molecule has 0 radical (unpaired) electrons. The maximum absolute atomic E-state index is 5.95. The Balaban J connectivity index is 1.56. The predicted octanol–water partition coefficient (Wildman–Crippen LogP) is 4.73. The summed E-state index contributed by atoms with van der Waals surface area (Å²) >= 11 is 0. The molecule has 2 heterocycles. The van der Waals surface area contributed by atoms with Crippen LogP contribution >= 0.6 is 0 Å². The van der Waals surface area contributed by atoms with E-state index in [1.54, 1.807) is 6.20 Å². The van der Waals surface area contributed by atoms with Crippen LogP contribution in [0.1, 0.15) is 16.7 Å². The molecule has 0 saturated carbocycles. The van der Waals surface area contributed by atoms with Gasteiger partial charge in [0.05, 0.1) is 0 Å². The Morgan fingerprint density at radius 2 is 1.79 bits per heavy atom. The maximum Gasteiger partial charge on any atom is 0.120 e. The van der Waals surface area contributed by atoms with Crippen molar-refractivity contribution in [3.05, 3.63) is 95.9 Å². The normalized spacial score (nSPS) is 10.8. The van der Waals surface area contributed by atoms with E-state index in [0.29, 0.717) is 6.61 Å². The van der Waals surface area contributed by atoms with Gasteiger partial charge in [0.2, 0.25) is 0 Å². The van der Waals surface area contributed by atoms with Gasteiger partial charge in [-0.15, -0.1) is 0 Å². The summed E-state index contributed by atoms with van der Waals surface area (Å²) in [6.45, 7) is 0.578. The third-order valence-corrected chi connectivity index (χ3v) is 4.10. The zero-order valence-electron chi connectivity index (χ0n) is 13.3. The minimum Gasteiger partial charge on any atom is -0.489 e. The number of nitrogens with one attached hydrogen (secondary N) is 1. The number of hydrogen-bond acceptors (Lipinski definition) is 2. The zero-order chi connectivity index (χ0) is 16.2. The van der Waals surface area contributed by atoms with Crippen LogP contribution in [0.3, 0.4) is 0 Å². The lowest BCUT2D eigenvalue weighted by Gasteiger charge is -2.07. The molecule has 2 aromatic carbocycles. The molecule has 3 heteroatoms. The van der Waals surface area contributed by atoms with Gasteiger partial charge < -0.3 is 9.72 Å². The monoisotopic (exact) mass is 314 g/mol. The smallest absolute Gasteiger partial charge is 0.120 e. The third kappa shape index (κ3) is 3.15. The first-order valence-electron chi connectivity index (χ1n) is 8.04. The van der Waals surface area contributed by atoms with Crippen molar-refractivity contribution in [1.82, 2.24) is 9.97 Å². The summed E-state index contributed by atoms with van der Waals surface area (Å²) in [5, 5.41) is 1.20. The van der Waals surface area contributed by atoms with Crippen molar-refractivity contribution in [3.63, 3.8) is 0 Å². The van der Waals surface area contributed by atoms with E-state index in [1.807, 2.05) is 36.5 Å². The zero-order valence-corrected chi connectivity index (χ0v) is 13.3. The number of fused-ring (bicyclic) bond motifs is 1. The van der Waals surface area contributed by atoms with E-state index in [9.17, 15) is 0 Å². The number of H-pyrrole nitrogens is 1. The average Bonchev–Trinajstić information content (AvgIpc) is 3.04. The van der Waals surface area contributed by atoms with Crippen molar-refractivity contribution >= 4 is 10.9 Å². The lowest BCUT2D eigenvalue weighted by atomic mass is 10.1. The number of ether oxygens (including phenoxy) is 1. The summed E-state index contributed by atoms with van der Waals surface area (Å²) in [4.78, 5) is 7.52. The molecule has 1 N–H and O–H groups in total. The number of rotatable bonds is 5. The largest absolute Gasteiger partial charge is 0.489 e. The van der Waals surface area contributed by atoms with E-state index >= 15 is 0 Å². The van der Waals surface area contributed by atoms with E-state index in [0.717, 1.165) is 17.7 Å².